The molecule has 172 valence electrons. The molecule has 0 N–H and O–H groups in total. The fourth-order valence-electron chi connectivity index (χ4n) is 4.78. The van der Waals surface area contributed by atoms with Crippen molar-refractivity contribution >= 4 is 28.7 Å². The van der Waals surface area contributed by atoms with Crippen molar-refractivity contribution in [1.29, 1.82) is 5.26 Å². The third kappa shape index (κ3) is 5.44. The van der Waals surface area contributed by atoms with E-state index in [9.17, 15) is 18.4 Å². The molecule has 1 aromatic carbocycles. The van der Waals surface area contributed by atoms with E-state index in [2.05, 4.69) is 17.1 Å². The Morgan fingerprint density at radius 1 is 1.18 bits per heavy atom. The number of amides is 1. The van der Waals surface area contributed by atoms with Crippen molar-refractivity contribution in [2.45, 2.75) is 63.3 Å². The number of benzene rings is 1. The number of hydrogen-bond acceptors (Lipinski definition) is 4. The molecule has 1 aliphatic carbocycles. The molecule has 0 bridgehead atoms. The summed E-state index contributed by atoms with van der Waals surface area (Å²) in [6.07, 6.45) is 11.2. The summed E-state index contributed by atoms with van der Waals surface area (Å²) in [4.78, 5) is 30.6. The number of fused-ring (bicyclic) bond motifs is 1. The monoisotopic (exact) mass is 451 g/mol. The van der Waals surface area contributed by atoms with Gasteiger partial charge in [0.1, 0.15) is 6.04 Å². The molecule has 0 radical (unpaired) electrons. The van der Waals surface area contributed by atoms with Gasteiger partial charge in [0.2, 0.25) is 5.91 Å². The molecular weight excluding hydrogens is 424 g/mol. The predicted molar refractivity (Wildman–Crippen MR) is 122 cm³/mol. The van der Waals surface area contributed by atoms with Gasteiger partial charge in [0.05, 0.1) is 18.1 Å². The maximum Gasteiger partial charge on any atom is 0.268 e. The summed E-state index contributed by atoms with van der Waals surface area (Å²) in [7, 11) is 0. The molecule has 1 saturated heterocycles. The number of allylic oxidation sites excluding steroid dienone is 1. The molecule has 2 heterocycles. The van der Waals surface area contributed by atoms with Gasteiger partial charge in [0.15, 0.2) is 5.78 Å². The maximum absolute atomic E-state index is 13.6. The number of ketones is 1. The second-order valence-electron chi connectivity index (χ2n) is 9.04. The molecule has 1 aliphatic heterocycles. The standard InChI is InChI=1S/C26H27F2N3O2/c27-26(28)15-20(16-29)31(17-26)25(33)11-10-24(32)21-12-13-30-23-9-8-19(14-22(21)23)7-6-18-4-2-1-3-5-18/h6-9,12-14,18,20H,1-5,10-11,15,17H2/b7-6+/t20-/m0/s1. The molecule has 4 rings (SSSR count). The van der Waals surface area contributed by atoms with E-state index in [1.54, 1.807) is 18.3 Å². The van der Waals surface area contributed by atoms with E-state index in [0.717, 1.165) is 10.5 Å². The Kier molecular flexibility index (Phi) is 6.83. The smallest absolute Gasteiger partial charge is 0.268 e. The Hall–Kier alpha value is -3.14. The fourth-order valence-corrected chi connectivity index (χ4v) is 4.78. The largest absolute Gasteiger partial charge is 0.320 e. The van der Waals surface area contributed by atoms with Crippen LogP contribution in [0.15, 0.2) is 36.5 Å². The topological polar surface area (TPSA) is 74.1 Å². The van der Waals surface area contributed by atoms with Crippen LogP contribution in [0, 0.1) is 17.2 Å². The minimum atomic E-state index is -3.07. The highest BCUT2D eigenvalue weighted by atomic mass is 19.3. The van der Waals surface area contributed by atoms with E-state index in [0.29, 0.717) is 22.4 Å². The maximum atomic E-state index is 13.6. The van der Waals surface area contributed by atoms with Crippen LogP contribution in [-0.2, 0) is 4.79 Å². The Balaban J connectivity index is 1.47. The number of carbonyl (C=O) groups excluding carboxylic acids is 2. The SMILES string of the molecule is N#C[C@@H]1CC(F)(F)CN1C(=O)CCC(=O)c1ccnc2ccc(/C=C/C3CCCCC3)cc12. The average Bonchev–Trinajstić information content (AvgIpc) is 3.15. The number of nitrogens with zero attached hydrogens (tertiary/aromatic N) is 3. The number of alkyl halides is 2. The first-order valence-corrected chi connectivity index (χ1v) is 11.5. The molecule has 33 heavy (non-hydrogen) atoms. The van der Waals surface area contributed by atoms with E-state index in [1.165, 1.54) is 32.1 Å². The van der Waals surface area contributed by atoms with Gasteiger partial charge in [-0.25, -0.2) is 8.78 Å². The van der Waals surface area contributed by atoms with E-state index in [1.807, 2.05) is 18.2 Å². The molecule has 5 nitrogen and oxygen atoms in total. The summed E-state index contributed by atoms with van der Waals surface area (Å²) in [5.41, 5.74) is 2.14. The van der Waals surface area contributed by atoms with Gasteiger partial charge in [-0.3, -0.25) is 14.6 Å². The number of pyridine rings is 1. The van der Waals surface area contributed by atoms with E-state index < -0.39 is 30.8 Å². The predicted octanol–water partition coefficient (Wildman–Crippen LogP) is 5.55. The zero-order chi connectivity index (χ0) is 23.4. The van der Waals surface area contributed by atoms with Gasteiger partial charge in [0.25, 0.3) is 5.92 Å². The number of nitriles is 1. The normalized spacial score (nSPS) is 20.9. The number of halogens is 2. The lowest BCUT2D eigenvalue weighted by Gasteiger charge is -2.19. The zero-order valence-electron chi connectivity index (χ0n) is 18.5. The second kappa shape index (κ2) is 9.78. The molecule has 0 unspecified atom stereocenters. The second-order valence-corrected chi connectivity index (χ2v) is 9.04. The minimum absolute atomic E-state index is 0.111. The Morgan fingerprint density at radius 3 is 2.73 bits per heavy atom. The van der Waals surface area contributed by atoms with Crippen LogP contribution in [0.2, 0.25) is 0 Å². The summed E-state index contributed by atoms with van der Waals surface area (Å²) in [6.45, 7) is -0.771. The van der Waals surface area contributed by atoms with Crippen LogP contribution in [-0.4, -0.2) is 40.1 Å². The highest BCUT2D eigenvalue weighted by molar-refractivity contribution is 6.08. The highest BCUT2D eigenvalue weighted by Gasteiger charge is 2.47. The van der Waals surface area contributed by atoms with Crippen molar-refractivity contribution < 1.29 is 18.4 Å². The molecule has 2 fully saturated rings. The molecule has 1 atom stereocenters. The van der Waals surface area contributed by atoms with E-state index in [-0.39, 0.29) is 18.6 Å². The molecule has 2 aliphatic rings. The first-order chi connectivity index (χ1) is 15.9. The highest BCUT2D eigenvalue weighted by Crippen LogP contribution is 2.32. The van der Waals surface area contributed by atoms with Crippen LogP contribution >= 0.6 is 0 Å². The van der Waals surface area contributed by atoms with Gasteiger partial charge in [-0.2, -0.15) is 5.26 Å². The van der Waals surface area contributed by atoms with Gasteiger partial charge < -0.3 is 4.90 Å². The molecule has 7 heteroatoms. The van der Waals surface area contributed by atoms with Crippen LogP contribution in [0.25, 0.3) is 17.0 Å². The van der Waals surface area contributed by atoms with Gasteiger partial charge in [-0.1, -0.05) is 37.5 Å². The van der Waals surface area contributed by atoms with Gasteiger partial charge in [-0.15, -0.1) is 0 Å². The van der Waals surface area contributed by atoms with Gasteiger partial charge in [-0.05, 0) is 42.5 Å². The van der Waals surface area contributed by atoms with Crippen LogP contribution in [0.3, 0.4) is 0 Å². The number of aromatic nitrogens is 1. The van der Waals surface area contributed by atoms with Crippen LogP contribution < -0.4 is 0 Å². The van der Waals surface area contributed by atoms with Crippen molar-refractivity contribution in [3.8, 4) is 6.07 Å². The van der Waals surface area contributed by atoms with Crippen molar-refractivity contribution in [3.05, 3.63) is 47.7 Å². The lowest BCUT2D eigenvalue weighted by atomic mass is 9.88. The molecule has 1 saturated carbocycles. The summed E-state index contributed by atoms with van der Waals surface area (Å²) in [5, 5.41) is 9.80. The van der Waals surface area contributed by atoms with Crippen molar-refractivity contribution in [1.82, 2.24) is 9.88 Å². The number of likely N-dealkylation sites (tertiary alicyclic amines) is 1. The molecule has 1 amide bonds. The quantitative estimate of drug-likeness (QED) is 0.540. The molecule has 2 aromatic rings. The first kappa shape index (κ1) is 23.0. The Morgan fingerprint density at radius 2 is 1.97 bits per heavy atom. The number of Topliss-reactive ketones (excluding diaryl/α,β-unsaturated/α-hetero) is 1. The zero-order valence-corrected chi connectivity index (χ0v) is 18.5. The lowest BCUT2D eigenvalue weighted by Crippen LogP contribution is -2.36. The average molecular weight is 452 g/mol. The summed E-state index contributed by atoms with van der Waals surface area (Å²) in [5.74, 6) is -3.32. The summed E-state index contributed by atoms with van der Waals surface area (Å²) < 4.78 is 27.3. The fraction of sp³-hybridized carbons (Fsp3) is 0.462. The third-order valence-corrected chi connectivity index (χ3v) is 6.58. The Labute approximate surface area is 192 Å². The first-order valence-electron chi connectivity index (χ1n) is 11.5. The third-order valence-electron chi connectivity index (χ3n) is 6.58. The van der Waals surface area contributed by atoms with Crippen molar-refractivity contribution in [2.75, 3.05) is 6.54 Å². The van der Waals surface area contributed by atoms with E-state index in [4.69, 9.17) is 5.26 Å². The summed E-state index contributed by atoms with van der Waals surface area (Å²) in [6, 6.07) is 8.03. The van der Waals surface area contributed by atoms with Crippen LogP contribution in [0.1, 0.15) is 67.3 Å². The van der Waals surface area contributed by atoms with E-state index >= 15 is 0 Å². The number of rotatable bonds is 6. The minimum Gasteiger partial charge on any atom is -0.320 e. The number of hydrogen-bond donors (Lipinski definition) is 0. The Bertz CT molecular complexity index is 1120. The molecule has 1 aromatic heterocycles. The van der Waals surface area contributed by atoms with Crippen molar-refractivity contribution in [2.24, 2.45) is 5.92 Å². The summed E-state index contributed by atoms with van der Waals surface area (Å²) >= 11 is 0. The van der Waals surface area contributed by atoms with Crippen LogP contribution in [0.4, 0.5) is 8.78 Å². The van der Waals surface area contributed by atoms with Gasteiger partial charge in [0, 0.05) is 36.4 Å². The van der Waals surface area contributed by atoms with Gasteiger partial charge >= 0.3 is 0 Å². The lowest BCUT2D eigenvalue weighted by molar-refractivity contribution is -0.132. The number of carbonyl (C=O) groups is 2. The van der Waals surface area contributed by atoms with Crippen molar-refractivity contribution in [3.63, 3.8) is 0 Å². The molecule has 0 spiro atoms. The molecular formula is C26H27F2N3O2. The van der Waals surface area contributed by atoms with Crippen LogP contribution in [0.5, 0.6) is 0 Å².